The number of rotatable bonds is 7. The molecule has 0 fully saturated rings. The largest absolute Gasteiger partial charge is 0.475 e. The SMILES string of the molecule is COCCOc1ccc(NC(=O)NC(C)c2nncn2C)cn1. The number of aromatic nitrogens is 4. The Labute approximate surface area is 134 Å². The summed E-state index contributed by atoms with van der Waals surface area (Å²) in [5.41, 5.74) is 0.562. The number of hydrogen-bond acceptors (Lipinski definition) is 6. The highest BCUT2D eigenvalue weighted by Gasteiger charge is 2.14. The third-order valence-corrected chi connectivity index (χ3v) is 3.01. The van der Waals surface area contributed by atoms with Crippen molar-refractivity contribution in [2.45, 2.75) is 13.0 Å². The molecule has 0 spiro atoms. The van der Waals surface area contributed by atoms with Crippen LogP contribution in [0.4, 0.5) is 10.5 Å². The van der Waals surface area contributed by atoms with Gasteiger partial charge in [-0.15, -0.1) is 10.2 Å². The fraction of sp³-hybridized carbons (Fsp3) is 0.429. The van der Waals surface area contributed by atoms with E-state index in [1.807, 2.05) is 14.0 Å². The smallest absolute Gasteiger partial charge is 0.319 e. The van der Waals surface area contributed by atoms with E-state index in [4.69, 9.17) is 9.47 Å². The van der Waals surface area contributed by atoms with E-state index in [1.165, 1.54) is 6.20 Å². The molecule has 0 saturated heterocycles. The maximum absolute atomic E-state index is 12.0. The average molecular weight is 320 g/mol. The monoisotopic (exact) mass is 320 g/mol. The quantitative estimate of drug-likeness (QED) is 0.741. The third-order valence-electron chi connectivity index (χ3n) is 3.01. The van der Waals surface area contributed by atoms with Gasteiger partial charge in [0.05, 0.1) is 24.5 Å². The molecule has 23 heavy (non-hydrogen) atoms. The molecule has 1 atom stereocenters. The van der Waals surface area contributed by atoms with Crippen LogP contribution in [0.1, 0.15) is 18.8 Å². The number of pyridine rings is 1. The maximum Gasteiger partial charge on any atom is 0.319 e. The molecular weight excluding hydrogens is 300 g/mol. The van der Waals surface area contributed by atoms with Gasteiger partial charge in [-0.1, -0.05) is 0 Å². The molecule has 2 rings (SSSR count). The molecular formula is C14H20N6O3. The Balaban J connectivity index is 1.84. The zero-order valence-electron chi connectivity index (χ0n) is 13.3. The summed E-state index contributed by atoms with van der Waals surface area (Å²) >= 11 is 0. The molecule has 2 amide bonds. The molecule has 0 aliphatic rings. The Kier molecular flexibility index (Phi) is 5.87. The number of anilines is 1. The summed E-state index contributed by atoms with van der Waals surface area (Å²) in [6.45, 7) is 2.74. The van der Waals surface area contributed by atoms with E-state index in [2.05, 4.69) is 25.8 Å². The van der Waals surface area contributed by atoms with Crippen LogP contribution in [0.2, 0.25) is 0 Å². The van der Waals surface area contributed by atoms with Crippen LogP contribution in [0.15, 0.2) is 24.7 Å². The lowest BCUT2D eigenvalue weighted by Gasteiger charge is -2.13. The molecule has 0 saturated carbocycles. The zero-order valence-corrected chi connectivity index (χ0v) is 13.3. The van der Waals surface area contributed by atoms with Crippen LogP contribution < -0.4 is 15.4 Å². The molecule has 0 aliphatic carbocycles. The normalized spacial score (nSPS) is 11.8. The number of ether oxygens (including phenoxy) is 2. The van der Waals surface area contributed by atoms with E-state index in [9.17, 15) is 4.79 Å². The van der Waals surface area contributed by atoms with Crippen molar-refractivity contribution in [1.29, 1.82) is 0 Å². The summed E-state index contributed by atoms with van der Waals surface area (Å²) in [4.78, 5) is 16.1. The highest BCUT2D eigenvalue weighted by molar-refractivity contribution is 5.89. The van der Waals surface area contributed by atoms with E-state index in [1.54, 1.807) is 30.1 Å². The van der Waals surface area contributed by atoms with Crippen LogP contribution in [0.5, 0.6) is 5.88 Å². The van der Waals surface area contributed by atoms with Crippen LogP contribution in [0.25, 0.3) is 0 Å². The van der Waals surface area contributed by atoms with Gasteiger partial charge in [0, 0.05) is 20.2 Å². The number of methoxy groups -OCH3 is 1. The van der Waals surface area contributed by atoms with E-state index in [-0.39, 0.29) is 12.1 Å². The van der Waals surface area contributed by atoms with Gasteiger partial charge in [-0.2, -0.15) is 0 Å². The minimum atomic E-state index is -0.352. The van der Waals surface area contributed by atoms with Crippen LogP contribution in [0, 0.1) is 0 Å². The first-order chi connectivity index (χ1) is 11.1. The van der Waals surface area contributed by atoms with Gasteiger partial charge in [0.1, 0.15) is 12.9 Å². The minimum Gasteiger partial charge on any atom is -0.475 e. The van der Waals surface area contributed by atoms with Gasteiger partial charge >= 0.3 is 6.03 Å². The zero-order chi connectivity index (χ0) is 16.7. The fourth-order valence-electron chi connectivity index (χ4n) is 1.88. The Hall–Kier alpha value is -2.68. The van der Waals surface area contributed by atoms with Crippen molar-refractivity contribution in [3.8, 4) is 5.88 Å². The lowest BCUT2D eigenvalue weighted by Crippen LogP contribution is -2.32. The molecule has 2 N–H and O–H groups in total. The van der Waals surface area contributed by atoms with Crippen LogP contribution in [0.3, 0.4) is 0 Å². The number of aryl methyl sites for hydroxylation is 1. The number of urea groups is 1. The number of nitrogens with one attached hydrogen (secondary N) is 2. The molecule has 9 nitrogen and oxygen atoms in total. The number of amides is 2. The molecule has 0 bridgehead atoms. The second-order valence-corrected chi connectivity index (χ2v) is 4.85. The van der Waals surface area contributed by atoms with Crippen LogP contribution in [-0.4, -0.2) is 46.1 Å². The van der Waals surface area contributed by atoms with Crippen molar-refractivity contribution in [2.75, 3.05) is 25.6 Å². The Morgan fingerprint density at radius 3 is 2.83 bits per heavy atom. The predicted octanol–water partition coefficient (Wildman–Crippen LogP) is 1.12. The second-order valence-electron chi connectivity index (χ2n) is 4.85. The second kappa shape index (κ2) is 8.08. The molecule has 2 aromatic heterocycles. The van der Waals surface area contributed by atoms with Crippen molar-refractivity contribution in [3.63, 3.8) is 0 Å². The summed E-state index contributed by atoms with van der Waals surface area (Å²) < 4.78 is 12.0. The summed E-state index contributed by atoms with van der Waals surface area (Å²) in [7, 11) is 3.42. The first kappa shape index (κ1) is 16.7. The fourth-order valence-corrected chi connectivity index (χ4v) is 1.88. The van der Waals surface area contributed by atoms with E-state index in [0.717, 1.165) is 0 Å². The lowest BCUT2D eigenvalue weighted by molar-refractivity contribution is 0.144. The summed E-state index contributed by atoms with van der Waals surface area (Å²) in [6, 6.07) is 2.77. The number of carbonyl (C=O) groups excluding carboxylic acids is 1. The highest BCUT2D eigenvalue weighted by Crippen LogP contribution is 2.12. The lowest BCUT2D eigenvalue weighted by atomic mass is 10.3. The van der Waals surface area contributed by atoms with Gasteiger partial charge in [0.2, 0.25) is 5.88 Å². The number of nitrogens with zero attached hydrogens (tertiary/aromatic N) is 4. The predicted molar refractivity (Wildman–Crippen MR) is 83.2 cm³/mol. The number of hydrogen-bond donors (Lipinski definition) is 2. The Morgan fingerprint density at radius 1 is 1.39 bits per heavy atom. The van der Waals surface area contributed by atoms with Gasteiger partial charge in [-0.25, -0.2) is 9.78 Å². The van der Waals surface area contributed by atoms with Crippen molar-refractivity contribution >= 4 is 11.7 Å². The molecule has 0 aliphatic heterocycles. The van der Waals surface area contributed by atoms with Gasteiger partial charge in [-0.3, -0.25) is 0 Å². The Bertz CT molecular complexity index is 628. The van der Waals surface area contributed by atoms with Crippen LogP contribution >= 0.6 is 0 Å². The Morgan fingerprint density at radius 2 is 2.22 bits per heavy atom. The summed E-state index contributed by atoms with van der Waals surface area (Å²) in [6.07, 6.45) is 3.10. The van der Waals surface area contributed by atoms with E-state index in [0.29, 0.717) is 30.6 Å². The van der Waals surface area contributed by atoms with E-state index < -0.39 is 0 Å². The van der Waals surface area contributed by atoms with Crippen LogP contribution in [-0.2, 0) is 11.8 Å². The highest BCUT2D eigenvalue weighted by atomic mass is 16.5. The van der Waals surface area contributed by atoms with Crippen molar-refractivity contribution in [2.24, 2.45) is 7.05 Å². The standard InChI is InChI=1S/C14H20N6O3/c1-10(13-19-16-9-20(13)2)17-14(21)18-11-4-5-12(15-8-11)23-7-6-22-3/h4-5,8-10H,6-7H2,1-3H3,(H2,17,18,21). The molecule has 124 valence electrons. The van der Waals surface area contributed by atoms with Gasteiger partial charge < -0.3 is 24.7 Å². The molecule has 2 aromatic rings. The third kappa shape index (κ3) is 4.92. The first-order valence-corrected chi connectivity index (χ1v) is 7.09. The number of carbonyl (C=O) groups is 1. The maximum atomic E-state index is 12.0. The molecule has 1 unspecified atom stereocenters. The first-order valence-electron chi connectivity index (χ1n) is 7.09. The summed E-state index contributed by atoms with van der Waals surface area (Å²) in [5.74, 6) is 1.14. The van der Waals surface area contributed by atoms with Gasteiger partial charge in [0.25, 0.3) is 0 Å². The van der Waals surface area contributed by atoms with Gasteiger partial charge in [-0.05, 0) is 13.0 Å². The summed E-state index contributed by atoms with van der Waals surface area (Å²) in [5, 5.41) is 13.2. The molecule has 2 heterocycles. The van der Waals surface area contributed by atoms with Crippen molar-refractivity contribution in [1.82, 2.24) is 25.1 Å². The topological polar surface area (TPSA) is 103 Å². The van der Waals surface area contributed by atoms with Gasteiger partial charge in [0.15, 0.2) is 5.82 Å². The van der Waals surface area contributed by atoms with E-state index >= 15 is 0 Å². The average Bonchev–Trinajstić information content (AvgIpc) is 2.95. The molecule has 0 aromatic carbocycles. The minimum absolute atomic E-state index is 0.271. The molecule has 0 radical (unpaired) electrons. The van der Waals surface area contributed by atoms with Crippen molar-refractivity contribution < 1.29 is 14.3 Å². The molecule has 9 heteroatoms. The van der Waals surface area contributed by atoms with Crippen molar-refractivity contribution in [3.05, 3.63) is 30.5 Å².